The Morgan fingerprint density at radius 1 is 1.32 bits per heavy atom. The molecule has 0 spiro atoms. The molecule has 0 unspecified atom stereocenters. The first-order valence-electron chi connectivity index (χ1n) is 6.44. The number of nitrogens with zero attached hydrogens (tertiary/aromatic N) is 2. The highest BCUT2D eigenvalue weighted by Crippen LogP contribution is 2.27. The summed E-state index contributed by atoms with van der Waals surface area (Å²) >= 11 is 3.40. The fourth-order valence-corrected chi connectivity index (χ4v) is 2.49. The Bertz CT molecular complexity index is 785. The molecule has 0 bridgehead atoms. The van der Waals surface area contributed by atoms with Crippen molar-refractivity contribution in [3.8, 4) is 5.75 Å². The number of methoxy groups -OCH3 is 1. The molecule has 0 saturated heterocycles. The number of benzene rings is 1. The second-order valence-electron chi connectivity index (χ2n) is 4.47. The number of hydrogen-bond acceptors (Lipinski definition) is 5. The summed E-state index contributed by atoms with van der Waals surface area (Å²) in [5.74, 6) is 0.481. The second kappa shape index (κ2) is 6.11. The van der Waals surface area contributed by atoms with Crippen LogP contribution in [0.15, 0.2) is 57.9 Å². The van der Waals surface area contributed by atoms with Gasteiger partial charge in [-0.15, -0.1) is 0 Å². The first kappa shape index (κ1) is 14.5. The van der Waals surface area contributed by atoms with E-state index in [2.05, 4.69) is 25.9 Å². The summed E-state index contributed by atoms with van der Waals surface area (Å²) in [7, 11) is 1.58. The third kappa shape index (κ3) is 2.92. The van der Waals surface area contributed by atoms with E-state index in [-0.39, 0.29) is 11.6 Å². The summed E-state index contributed by atoms with van der Waals surface area (Å²) in [5.41, 5.74) is 1.72. The number of carbonyl (C=O) groups excluding carboxylic acids is 1. The van der Waals surface area contributed by atoms with Gasteiger partial charge in [-0.25, -0.2) is 9.79 Å². The van der Waals surface area contributed by atoms with Crippen molar-refractivity contribution in [1.29, 1.82) is 0 Å². The molecular formula is C16H11BrN2O3. The maximum Gasteiger partial charge on any atom is 0.363 e. The molecule has 0 amide bonds. The van der Waals surface area contributed by atoms with E-state index >= 15 is 0 Å². The molecule has 1 aliphatic rings. The van der Waals surface area contributed by atoms with Gasteiger partial charge < -0.3 is 9.47 Å². The van der Waals surface area contributed by atoms with Crippen LogP contribution in [-0.4, -0.2) is 24.0 Å². The number of aromatic nitrogens is 1. The van der Waals surface area contributed by atoms with Crippen LogP contribution in [0.2, 0.25) is 0 Å². The summed E-state index contributed by atoms with van der Waals surface area (Å²) in [6.07, 6.45) is 4.96. The lowest BCUT2D eigenvalue weighted by Gasteiger charge is -2.05. The number of carbonyl (C=O) groups is 1. The fraction of sp³-hybridized carbons (Fsp3) is 0.0625. The largest absolute Gasteiger partial charge is 0.496 e. The van der Waals surface area contributed by atoms with Gasteiger partial charge in [0.25, 0.3) is 0 Å². The van der Waals surface area contributed by atoms with Crippen molar-refractivity contribution in [3.63, 3.8) is 0 Å². The minimum absolute atomic E-state index is 0.245. The predicted molar refractivity (Wildman–Crippen MR) is 85.5 cm³/mol. The van der Waals surface area contributed by atoms with E-state index in [1.54, 1.807) is 49.8 Å². The Balaban J connectivity index is 1.93. The summed E-state index contributed by atoms with van der Waals surface area (Å²) in [4.78, 5) is 20.2. The third-order valence-electron chi connectivity index (χ3n) is 3.01. The molecule has 1 aliphatic heterocycles. The van der Waals surface area contributed by atoms with Crippen LogP contribution in [0.5, 0.6) is 5.75 Å². The van der Waals surface area contributed by atoms with Gasteiger partial charge in [0.05, 0.1) is 11.6 Å². The van der Waals surface area contributed by atoms with Crippen LogP contribution in [0.1, 0.15) is 11.1 Å². The quantitative estimate of drug-likeness (QED) is 0.624. The van der Waals surface area contributed by atoms with Gasteiger partial charge in [-0.2, -0.15) is 0 Å². The lowest BCUT2D eigenvalue weighted by atomic mass is 10.2. The van der Waals surface area contributed by atoms with Crippen molar-refractivity contribution < 1.29 is 14.3 Å². The van der Waals surface area contributed by atoms with E-state index in [1.807, 2.05) is 6.07 Å². The molecule has 6 heteroatoms. The van der Waals surface area contributed by atoms with Crippen LogP contribution in [0.4, 0.5) is 0 Å². The molecule has 1 aromatic heterocycles. The van der Waals surface area contributed by atoms with E-state index in [1.165, 1.54) is 0 Å². The van der Waals surface area contributed by atoms with Gasteiger partial charge in [-0.1, -0.05) is 6.07 Å². The lowest BCUT2D eigenvalue weighted by Crippen LogP contribution is -2.05. The van der Waals surface area contributed by atoms with Crippen molar-refractivity contribution in [3.05, 3.63) is 64.0 Å². The SMILES string of the molecule is COc1ccc(C2=N/C(=C\c3cccnc3)C(=O)O2)cc1Br. The molecule has 0 saturated carbocycles. The number of ether oxygens (including phenoxy) is 2. The van der Waals surface area contributed by atoms with Gasteiger partial charge in [0, 0.05) is 18.0 Å². The second-order valence-corrected chi connectivity index (χ2v) is 5.33. The summed E-state index contributed by atoms with van der Waals surface area (Å²) in [5, 5.41) is 0. The molecule has 0 atom stereocenters. The van der Waals surface area contributed by atoms with Gasteiger partial charge in [-0.05, 0) is 51.8 Å². The molecule has 0 N–H and O–H groups in total. The predicted octanol–water partition coefficient (Wildman–Crippen LogP) is 3.20. The van der Waals surface area contributed by atoms with Crippen molar-refractivity contribution in [1.82, 2.24) is 4.98 Å². The van der Waals surface area contributed by atoms with Gasteiger partial charge >= 0.3 is 5.97 Å². The number of pyridine rings is 1. The first-order chi connectivity index (χ1) is 10.7. The number of aliphatic imine (C=N–C) groups is 1. The molecule has 5 nitrogen and oxygen atoms in total. The maximum absolute atomic E-state index is 11.9. The van der Waals surface area contributed by atoms with E-state index in [0.29, 0.717) is 11.3 Å². The number of esters is 1. The fourth-order valence-electron chi connectivity index (χ4n) is 1.95. The van der Waals surface area contributed by atoms with Crippen LogP contribution in [0, 0.1) is 0 Å². The van der Waals surface area contributed by atoms with Crippen LogP contribution in [0.25, 0.3) is 6.08 Å². The van der Waals surface area contributed by atoms with E-state index in [9.17, 15) is 4.79 Å². The molecule has 2 aromatic rings. The number of rotatable bonds is 3. The minimum atomic E-state index is -0.481. The summed E-state index contributed by atoms with van der Waals surface area (Å²) in [6.45, 7) is 0. The smallest absolute Gasteiger partial charge is 0.363 e. The van der Waals surface area contributed by atoms with Crippen LogP contribution < -0.4 is 4.74 Å². The molecular weight excluding hydrogens is 348 g/mol. The van der Waals surface area contributed by atoms with Gasteiger partial charge in [0.1, 0.15) is 5.75 Å². The average Bonchev–Trinajstić information content (AvgIpc) is 2.89. The number of hydrogen-bond donors (Lipinski definition) is 0. The summed E-state index contributed by atoms with van der Waals surface area (Å²) in [6, 6.07) is 8.97. The zero-order valence-electron chi connectivity index (χ0n) is 11.6. The standard InChI is InChI=1S/C16H11BrN2O3/c1-21-14-5-4-11(8-12(14)17)15-19-13(16(20)22-15)7-10-3-2-6-18-9-10/h2-9H,1H3/b13-7-. The maximum atomic E-state index is 11.9. The van der Waals surface area contributed by atoms with Crippen molar-refractivity contribution in [2.24, 2.45) is 4.99 Å². The highest BCUT2D eigenvalue weighted by Gasteiger charge is 2.24. The van der Waals surface area contributed by atoms with E-state index < -0.39 is 5.97 Å². The van der Waals surface area contributed by atoms with Crippen LogP contribution in [0.3, 0.4) is 0 Å². The van der Waals surface area contributed by atoms with Gasteiger partial charge in [0.2, 0.25) is 5.90 Å². The highest BCUT2D eigenvalue weighted by atomic mass is 79.9. The normalized spacial score (nSPS) is 15.6. The summed E-state index contributed by atoms with van der Waals surface area (Å²) < 4.78 is 11.2. The molecule has 0 radical (unpaired) electrons. The third-order valence-corrected chi connectivity index (χ3v) is 3.63. The highest BCUT2D eigenvalue weighted by molar-refractivity contribution is 9.10. The van der Waals surface area contributed by atoms with Crippen LogP contribution >= 0.6 is 15.9 Å². The average molecular weight is 359 g/mol. The molecule has 3 rings (SSSR count). The Morgan fingerprint density at radius 2 is 2.18 bits per heavy atom. The topological polar surface area (TPSA) is 60.8 Å². The minimum Gasteiger partial charge on any atom is -0.496 e. The zero-order chi connectivity index (χ0) is 15.5. The van der Waals surface area contributed by atoms with Gasteiger partial charge in [0.15, 0.2) is 5.70 Å². The number of halogens is 1. The Hall–Kier alpha value is -2.47. The zero-order valence-corrected chi connectivity index (χ0v) is 13.2. The molecule has 110 valence electrons. The van der Waals surface area contributed by atoms with Crippen LogP contribution in [-0.2, 0) is 9.53 Å². The molecule has 22 heavy (non-hydrogen) atoms. The monoisotopic (exact) mass is 358 g/mol. The Morgan fingerprint density at radius 3 is 2.86 bits per heavy atom. The van der Waals surface area contributed by atoms with Gasteiger partial charge in [-0.3, -0.25) is 4.98 Å². The first-order valence-corrected chi connectivity index (χ1v) is 7.23. The van der Waals surface area contributed by atoms with E-state index in [0.717, 1.165) is 10.0 Å². The van der Waals surface area contributed by atoms with Crippen molar-refractivity contribution in [2.45, 2.75) is 0 Å². The molecule has 1 aromatic carbocycles. The van der Waals surface area contributed by atoms with Crippen molar-refractivity contribution in [2.75, 3.05) is 7.11 Å². The number of cyclic esters (lactones) is 1. The molecule has 2 heterocycles. The van der Waals surface area contributed by atoms with E-state index in [4.69, 9.17) is 9.47 Å². The molecule has 0 aliphatic carbocycles. The Labute approximate surface area is 135 Å². The lowest BCUT2D eigenvalue weighted by molar-refractivity contribution is -0.129. The Kier molecular flexibility index (Phi) is 4.02. The van der Waals surface area contributed by atoms with Crippen molar-refractivity contribution >= 4 is 33.9 Å². The molecule has 0 fully saturated rings.